The van der Waals surface area contributed by atoms with Crippen LogP contribution >= 0.6 is 11.6 Å². The standard InChI is InChI=1S/C27H25ClF3N3O/c1-17(2)15-32-25(35)13-11-23-26(18-6-9-22(28)10-7-18)33-24-12-8-20(16-34(23)24)19-4-3-5-21(14-19)27(29,30)31/h3-10,12,14,16-17H,11,13,15H2,1-2H3,(H,32,35). The van der Waals surface area contributed by atoms with E-state index >= 15 is 0 Å². The van der Waals surface area contributed by atoms with Crippen LogP contribution in [0.5, 0.6) is 0 Å². The molecule has 0 spiro atoms. The third-order valence-corrected chi connectivity index (χ3v) is 5.91. The molecule has 0 radical (unpaired) electrons. The van der Waals surface area contributed by atoms with E-state index in [-0.39, 0.29) is 12.3 Å². The van der Waals surface area contributed by atoms with E-state index in [1.54, 1.807) is 36.5 Å². The lowest BCUT2D eigenvalue weighted by Gasteiger charge is -2.11. The van der Waals surface area contributed by atoms with E-state index in [0.717, 1.165) is 23.4 Å². The molecule has 35 heavy (non-hydrogen) atoms. The van der Waals surface area contributed by atoms with Gasteiger partial charge in [0, 0.05) is 29.7 Å². The number of fused-ring (bicyclic) bond motifs is 1. The first-order valence-corrected chi connectivity index (χ1v) is 11.7. The van der Waals surface area contributed by atoms with Gasteiger partial charge in [-0.2, -0.15) is 13.2 Å². The molecule has 0 bridgehead atoms. The van der Waals surface area contributed by atoms with Crippen molar-refractivity contribution in [2.75, 3.05) is 6.54 Å². The second-order valence-electron chi connectivity index (χ2n) is 8.84. The van der Waals surface area contributed by atoms with Crippen molar-refractivity contribution in [3.05, 3.63) is 83.1 Å². The Bertz CT molecular complexity index is 1340. The maximum Gasteiger partial charge on any atom is 0.416 e. The van der Waals surface area contributed by atoms with Gasteiger partial charge >= 0.3 is 6.18 Å². The van der Waals surface area contributed by atoms with Gasteiger partial charge in [-0.1, -0.05) is 49.7 Å². The third kappa shape index (κ3) is 5.85. The highest BCUT2D eigenvalue weighted by Crippen LogP contribution is 2.33. The van der Waals surface area contributed by atoms with Crippen molar-refractivity contribution < 1.29 is 18.0 Å². The average Bonchev–Trinajstić information content (AvgIpc) is 3.19. The molecule has 0 unspecified atom stereocenters. The van der Waals surface area contributed by atoms with Gasteiger partial charge in [0.05, 0.1) is 17.0 Å². The number of carbonyl (C=O) groups excluding carboxylic acids is 1. The predicted octanol–water partition coefficient (Wildman–Crippen LogP) is 7.05. The second-order valence-corrected chi connectivity index (χ2v) is 9.27. The molecule has 4 aromatic rings. The SMILES string of the molecule is CC(C)CNC(=O)CCc1c(-c2ccc(Cl)cc2)nc2ccc(-c3cccc(C(F)(F)F)c3)cn12. The average molecular weight is 500 g/mol. The van der Waals surface area contributed by atoms with Gasteiger partial charge in [0.15, 0.2) is 0 Å². The normalized spacial score (nSPS) is 11.9. The lowest BCUT2D eigenvalue weighted by atomic mass is 10.0. The minimum Gasteiger partial charge on any atom is -0.356 e. The van der Waals surface area contributed by atoms with Crippen molar-refractivity contribution in [3.63, 3.8) is 0 Å². The maximum absolute atomic E-state index is 13.2. The molecular weight excluding hydrogens is 475 g/mol. The van der Waals surface area contributed by atoms with E-state index in [1.165, 1.54) is 6.07 Å². The second kappa shape index (κ2) is 10.1. The van der Waals surface area contributed by atoms with E-state index in [9.17, 15) is 18.0 Å². The van der Waals surface area contributed by atoms with Gasteiger partial charge in [-0.05, 0) is 59.9 Å². The summed E-state index contributed by atoms with van der Waals surface area (Å²) in [5.41, 5.74) is 3.36. The number of hydrogen-bond donors (Lipinski definition) is 1. The quantitative estimate of drug-likeness (QED) is 0.296. The minimum absolute atomic E-state index is 0.0651. The van der Waals surface area contributed by atoms with Crippen molar-refractivity contribution >= 4 is 23.2 Å². The zero-order chi connectivity index (χ0) is 25.2. The van der Waals surface area contributed by atoms with Gasteiger partial charge in [0.1, 0.15) is 5.65 Å². The Kier molecular flexibility index (Phi) is 7.17. The molecule has 4 nitrogen and oxygen atoms in total. The first-order chi connectivity index (χ1) is 16.6. The number of carbonyl (C=O) groups is 1. The van der Waals surface area contributed by atoms with E-state index in [0.29, 0.717) is 46.4 Å². The number of amides is 1. The molecule has 0 fully saturated rings. The van der Waals surface area contributed by atoms with Gasteiger partial charge in [0.2, 0.25) is 5.91 Å². The summed E-state index contributed by atoms with van der Waals surface area (Å²) in [7, 11) is 0. The van der Waals surface area contributed by atoms with Crippen LogP contribution in [0.1, 0.15) is 31.5 Å². The molecule has 1 N–H and O–H groups in total. The van der Waals surface area contributed by atoms with E-state index in [1.807, 2.05) is 30.4 Å². The number of nitrogens with one attached hydrogen (secondary N) is 1. The van der Waals surface area contributed by atoms with Crippen molar-refractivity contribution in [1.82, 2.24) is 14.7 Å². The van der Waals surface area contributed by atoms with Crippen LogP contribution in [0.4, 0.5) is 13.2 Å². The number of rotatable bonds is 7. The Balaban J connectivity index is 1.76. The smallest absolute Gasteiger partial charge is 0.356 e. The van der Waals surface area contributed by atoms with E-state index < -0.39 is 11.7 Å². The Hall–Kier alpha value is -3.32. The molecule has 0 atom stereocenters. The maximum atomic E-state index is 13.2. The molecular formula is C27H25ClF3N3O. The number of aromatic nitrogens is 2. The van der Waals surface area contributed by atoms with Crippen molar-refractivity contribution in [2.45, 2.75) is 32.9 Å². The number of benzene rings is 2. The lowest BCUT2D eigenvalue weighted by molar-refractivity contribution is -0.137. The Morgan fingerprint density at radius 1 is 1.03 bits per heavy atom. The molecule has 0 aliphatic rings. The van der Waals surface area contributed by atoms with Crippen LogP contribution in [0.3, 0.4) is 0 Å². The summed E-state index contributed by atoms with van der Waals surface area (Å²) < 4.78 is 41.6. The zero-order valence-corrected chi connectivity index (χ0v) is 20.1. The van der Waals surface area contributed by atoms with Crippen LogP contribution in [-0.4, -0.2) is 21.8 Å². The summed E-state index contributed by atoms with van der Waals surface area (Å²) in [5, 5.41) is 3.52. The number of alkyl halides is 3. The molecule has 182 valence electrons. The van der Waals surface area contributed by atoms with Crippen LogP contribution in [0.25, 0.3) is 28.0 Å². The highest BCUT2D eigenvalue weighted by atomic mass is 35.5. The largest absolute Gasteiger partial charge is 0.416 e. The summed E-state index contributed by atoms with van der Waals surface area (Å²) in [6.45, 7) is 4.65. The number of aryl methyl sites for hydroxylation is 1. The lowest BCUT2D eigenvalue weighted by Crippen LogP contribution is -2.27. The molecule has 2 aromatic heterocycles. The zero-order valence-electron chi connectivity index (χ0n) is 19.4. The van der Waals surface area contributed by atoms with Crippen LogP contribution in [0, 0.1) is 5.92 Å². The number of pyridine rings is 1. The summed E-state index contributed by atoms with van der Waals surface area (Å²) in [4.78, 5) is 17.2. The number of hydrogen-bond acceptors (Lipinski definition) is 2. The Labute approximate surface area is 206 Å². The van der Waals surface area contributed by atoms with Gasteiger partial charge in [-0.15, -0.1) is 0 Å². The molecule has 0 saturated heterocycles. The minimum atomic E-state index is -4.43. The van der Waals surface area contributed by atoms with Gasteiger partial charge in [0.25, 0.3) is 0 Å². The van der Waals surface area contributed by atoms with E-state index in [4.69, 9.17) is 16.6 Å². The highest BCUT2D eigenvalue weighted by Gasteiger charge is 2.30. The predicted molar refractivity (Wildman–Crippen MR) is 132 cm³/mol. The molecule has 2 aromatic carbocycles. The topological polar surface area (TPSA) is 46.4 Å². The van der Waals surface area contributed by atoms with Crippen LogP contribution < -0.4 is 5.32 Å². The van der Waals surface area contributed by atoms with Crippen LogP contribution in [-0.2, 0) is 17.4 Å². The molecule has 1 amide bonds. The summed E-state index contributed by atoms with van der Waals surface area (Å²) in [6, 6.07) is 16.0. The summed E-state index contributed by atoms with van der Waals surface area (Å²) in [6.07, 6.45) is -1.98. The summed E-state index contributed by atoms with van der Waals surface area (Å²) in [5.74, 6) is 0.277. The molecule has 2 heterocycles. The fraction of sp³-hybridized carbons (Fsp3) is 0.259. The first-order valence-electron chi connectivity index (χ1n) is 11.3. The molecule has 0 aliphatic carbocycles. The van der Waals surface area contributed by atoms with Crippen molar-refractivity contribution in [2.24, 2.45) is 5.92 Å². The fourth-order valence-electron chi connectivity index (χ4n) is 3.86. The van der Waals surface area contributed by atoms with Crippen molar-refractivity contribution in [1.29, 1.82) is 0 Å². The molecule has 8 heteroatoms. The molecule has 0 saturated carbocycles. The fourth-order valence-corrected chi connectivity index (χ4v) is 3.98. The van der Waals surface area contributed by atoms with Crippen molar-refractivity contribution in [3.8, 4) is 22.4 Å². The molecule has 4 rings (SSSR count). The molecule has 0 aliphatic heterocycles. The monoisotopic (exact) mass is 499 g/mol. The number of nitrogens with zero attached hydrogens (tertiary/aromatic N) is 2. The van der Waals surface area contributed by atoms with Gasteiger partial charge in [-0.25, -0.2) is 4.98 Å². The first kappa shape index (κ1) is 24.8. The summed E-state index contributed by atoms with van der Waals surface area (Å²) >= 11 is 6.06. The Morgan fingerprint density at radius 3 is 2.43 bits per heavy atom. The Morgan fingerprint density at radius 2 is 1.74 bits per heavy atom. The van der Waals surface area contributed by atoms with Gasteiger partial charge < -0.3 is 9.72 Å². The number of imidazole rings is 1. The highest BCUT2D eigenvalue weighted by molar-refractivity contribution is 6.30. The number of halogens is 4. The third-order valence-electron chi connectivity index (χ3n) is 5.65. The van der Waals surface area contributed by atoms with E-state index in [2.05, 4.69) is 5.32 Å². The van der Waals surface area contributed by atoms with Gasteiger partial charge in [-0.3, -0.25) is 4.79 Å². The van der Waals surface area contributed by atoms with Crippen LogP contribution in [0.15, 0.2) is 66.9 Å². The van der Waals surface area contributed by atoms with Crippen LogP contribution in [0.2, 0.25) is 5.02 Å².